The van der Waals surface area contributed by atoms with Crippen LogP contribution in [0.4, 0.5) is 10.5 Å². The van der Waals surface area contributed by atoms with E-state index in [1.165, 1.54) is 11.8 Å². The lowest BCUT2D eigenvalue weighted by Crippen LogP contribution is -2.33. The van der Waals surface area contributed by atoms with Crippen molar-refractivity contribution >= 4 is 17.7 Å². The van der Waals surface area contributed by atoms with E-state index in [9.17, 15) is 9.59 Å². The highest BCUT2D eigenvalue weighted by atomic mass is 16.6. The van der Waals surface area contributed by atoms with Crippen LogP contribution >= 0.6 is 0 Å². The van der Waals surface area contributed by atoms with E-state index in [0.717, 1.165) is 11.1 Å². The fourth-order valence-corrected chi connectivity index (χ4v) is 3.62. The first kappa shape index (κ1) is 19.3. The van der Waals surface area contributed by atoms with E-state index in [-0.39, 0.29) is 18.4 Å². The van der Waals surface area contributed by atoms with E-state index in [1.807, 2.05) is 12.1 Å². The van der Waals surface area contributed by atoms with Crippen LogP contribution in [0.2, 0.25) is 0 Å². The van der Waals surface area contributed by atoms with Crippen molar-refractivity contribution < 1.29 is 19.1 Å². The molecule has 30 heavy (non-hydrogen) atoms. The van der Waals surface area contributed by atoms with Crippen LogP contribution in [-0.4, -0.2) is 35.2 Å². The molecular formula is C22H18N4O4. The molecule has 1 aliphatic carbocycles. The third-order valence-electron chi connectivity index (χ3n) is 5.18. The highest BCUT2D eigenvalue weighted by Gasteiger charge is 2.64. The van der Waals surface area contributed by atoms with Crippen molar-refractivity contribution in [3.63, 3.8) is 0 Å². The Balaban J connectivity index is 1.60. The number of amides is 2. The number of carbonyl (C=O) groups excluding carboxylic acids is 2. The Morgan fingerprint density at radius 2 is 2.23 bits per heavy atom. The summed E-state index contributed by atoms with van der Waals surface area (Å²) in [4.78, 5) is 29.6. The molecule has 2 fully saturated rings. The minimum atomic E-state index is -0.713. The van der Waals surface area contributed by atoms with Crippen LogP contribution in [0.25, 0.3) is 11.1 Å². The summed E-state index contributed by atoms with van der Waals surface area (Å²) in [6.07, 6.45) is 9.46. The molecule has 2 aliphatic rings. The van der Waals surface area contributed by atoms with Crippen molar-refractivity contribution in [2.45, 2.75) is 31.4 Å². The molecule has 2 amide bonds. The number of aromatic nitrogens is 1. The molecule has 1 aromatic heterocycles. The van der Waals surface area contributed by atoms with E-state index in [4.69, 9.17) is 21.2 Å². The SMILES string of the molecule is C#COc1cc(-c2ccc(CC#N)nc2)ccc1N1CC2(C[C@@H]2NC(C)=O)OC1=O. The fraction of sp³-hybridized carbons (Fsp3) is 0.273. The Labute approximate surface area is 173 Å². The van der Waals surface area contributed by atoms with Gasteiger partial charge in [-0.2, -0.15) is 5.26 Å². The molecule has 4 rings (SSSR count). The van der Waals surface area contributed by atoms with Crippen LogP contribution in [0.5, 0.6) is 5.75 Å². The molecule has 1 saturated carbocycles. The first-order valence-corrected chi connectivity index (χ1v) is 9.32. The van der Waals surface area contributed by atoms with Crippen LogP contribution < -0.4 is 15.0 Å². The number of nitriles is 1. The van der Waals surface area contributed by atoms with Gasteiger partial charge in [0.25, 0.3) is 0 Å². The lowest BCUT2D eigenvalue weighted by molar-refractivity contribution is -0.119. The molecule has 2 atom stereocenters. The summed E-state index contributed by atoms with van der Waals surface area (Å²) in [6, 6.07) is 10.8. The van der Waals surface area contributed by atoms with Crippen LogP contribution in [0, 0.1) is 23.9 Å². The Kier molecular flexibility index (Phi) is 4.77. The average molecular weight is 402 g/mol. The molecule has 2 heterocycles. The predicted molar refractivity (Wildman–Crippen MR) is 107 cm³/mol. The van der Waals surface area contributed by atoms with Crippen molar-refractivity contribution in [1.29, 1.82) is 5.26 Å². The monoisotopic (exact) mass is 402 g/mol. The van der Waals surface area contributed by atoms with Gasteiger partial charge in [-0.1, -0.05) is 18.6 Å². The number of carbonyl (C=O) groups is 2. The number of rotatable bonds is 5. The third-order valence-corrected chi connectivity index (χ3v) is 5.18. The predicted octanol–water partition coefficient (Wildman–Crippen LogP) is 2.39. The maximum Gasteiger partial charge on any atom is 0.415 e. The van der Waals surface area contributed by atoms with Gasteiger partial charge in [0.05, 0.1) is 36.5 Å². The molecule has 0 bridgehead atoms. The minimum absolute atomic E-state index is 0.165. The van der Waals surface area contributed by atoms with Gasteiger partial charge in [-0.3, -0.25) is 14.7 Å². The second kappa shape index (κ2) is 7.41. The minimum Gasteiger partial charge on any atom is -0.438 e. The zero-order chi connectivity index (χ0) is 21.3. The van der Waals surface area contributed by atoms with Crippen molar-refractivity contribution in [1.82, 2.24) is 10.3 Å². The van der Waals surface area contributed by atoms with E-state index in [0.29, 0.717) is 30.1 Å². The molecule has 150 valence electrons. The molecule has 1 unspecified atom stereocenters. The summed E-state index contributed by atoms with van der Waals surface area (Å²) >= 11 is 0. The Hall–Kier alpha value is -4.04. The van der Waals surface area contributed by atoms with Gasteiger partial charge in [-0.05, 0) is 23.8 Å². The summed E-state index contributed by atoms with van der Waals surface area (Å²) in [7, 11) is 0. The summed E-state index contributed by atoms with van der Waals surface area (Å²) in [5.41, 5.74) is 2.07. The van der Waals surface area contributed by atoms with Crippen molar-refractivity contribution in [3.05, 3.63) is 42.2 Å². The van der Waals surface area contributed by atoms with Crippen LogP contribution in [-0.2, 0) is 16.0 Å². The van der Waals surface area contributed by atoms with Crippen LogP contribution in [0.15, 0.2) is 36.5 Å². The van der Waals surface area contributed by atoms with Gasteiger partial charge < -0.3 is 14.8 Å². The van der Waals surface area contributed by atoms with Gasteiger partial charge in [0.15, 0.2) is 11.4 Å². The average Bonchev–Trinajstić information content (AvgIpc) is 3.24. The zero-order valence-corrected chi connectivity index (χ0v) is 16.2. The van der Waals surface area contributed by atoms with Crippen LogP contribution in [0.3, 0.4) is 0 Å². The topological polar surface area (TPSA) is 105 Å². The van der Waals surface area contributed by atoms with Crippen molar-refractivity contribution in [2.24, 2.45) is 0 Å². The summed E-state index contributed by atoms with van der Waals surface area (Å²) in [5, 5.41) is 11.6. The number of nitrogens with one attached hydrogen (secondary N) is 1. The number of hydrogen-bond acceptors (Lipinski definition) is 6. The number of benzene rings is 1. The maximum absolute atomic E-state index is 12.5. The number of ether oxygens (including phenoxy) is 2. The normalized spacial score (nSPS) is 21.5. The van der Waals surface area contributed by atoms with Gasteiger partial charge in [-0.25, -0.2) is 4.79 Å². The number of pyridine rings is 1. The summed E-state index contributed by atoms with van der Waals surface area (Å²) in [6.45, 7) is 1.72. The van der Waals surface area contributed by atoms with Gasteiger partial charge in [0, 0.05) is 25.1 Å². The molecule has 1 aliphatic heterocycles. The van der Waals surface area contributed by atoms with E-state index < -0.39 is 11.7 Å². The van der Waals surface area contributed by atoms with Gasteiger partial charge in [-0.15, -0.1) is 0 Å². The molecule has 1 spiro atoms. The maximum atomic E-state index is 12.5. The molecule has 0 radical (unpaired) electrons. The molecular weight excluding hydrogens is 384 g/mol. The molecule has 1 N–H and O–H groups in total. The number of anilines is 1. The lowest BCUT2D eigenvalue weighted by Gasteiger charge is -2.17. The molecule has 1 saturated heterocycles. The summed E-state index contributed by atoms with van der Waals surface area (Å²) in [5.74, 6) is 0.170. The highest BCUT2D eigenvalue weighted by Crippen LogP contribution is 2.47. The quantitative estimate of drug-likeness (QED) is 0.770. The third kappa shape index (κ3) is 3.51. The first-order chi connectivity index (χ1) is 14.5. The van der Waals surface area contributed by atoms with E-state index in [1.54, 1.807) is 24.4 Å². The van der Waals surface area contributed by atoms with E-state index >= 15 is 0 Å². The zero-order valence-electron chi connectivity index (χ0n) is 16.2. The first-order valence-electron chi connectivity index (χ1n) is 9.32. The highest BCUT2D eigenvalue weighted by molar-refractivity contribution is 5.93. The smallest absolute Gasteiger partial charge is 0.415 e. The Morgan fingerprint density at radius 3 is 2.90 bits per heavy atom. The van der Waals surface area contributed by atoms with Gasteiger partial charge >= 0.3 is 6.09 Å². The molecule has 1 aromatic carbocycles. The lowest BCUT2D eigenvalue weighted by atomic mass is 10.1. The molecule has 8 nitrogen and oxygen atoms in total. The Morgan fingerprint density at radius 1 is 1.43 bits per heavy atom. The van der Waals surface area contributed by atoms with E-state index in [2.05, 4.69) is 22.5 Å². The van der Waals surface area contributed by atoms with Crippen molar-refractivity contribution in [2.75, 3.05) is 11.4 Å². The fourth-order valence-electron chi connectivity index (χ4n) is 3.62. The van der Waals surface area contributed by atoms with Crippen molar-refractivity contribution in [3.8, 4) is 35.5 Å². The summed E-state index contributed by atoms with van der Waals surface area (Å²) < 4.78 is 10.9. The Bertz CT molecular complexity index is 1100. The number of terminal acetylenes is 1. The van der Waals surface area contributed by atoms with Gasteiger partial charge in [0.1, 0.15) is 6.11 Å². The standard InChI is InChI=1S/C22H18N4O4/c1-3-29-19-10-15(16-4-6-17(8-9-23)24-12-16)5-7-18(19)26-13-22(30-21(26)28)11-20(22)25-14(2)27/h1,4-7,10,12,20H,8,11,13H2,2H3,(H,25,27)/t20-,22?/m0/s1. The van der Waals surface area contributed by atoms with Gasteiger partial charge in [0.2, 0.25) is 5.91 Å². The second-order valence-corrected chi connectivity index (χ2v) is 7.25. The number of hydrogen-bond donors (Lipinski definition) is 1. The molecule has 2 aromatic rings. The van der Waals surface area contributed by atoms with Crippen LogP contribution in [0.1, 0.15) is 19.0 Å². The molecule has 8 heteroatoms. The largest absolute Gasteiger partial charge is 0.438 e. The second-order valence-electron chi connectivity index (χ2n) is 7.25. The number of nitrogens with zero attached hydrogens (tertiary/aromatic N) is 3.